The van der Waals surface area contributed by atoms with Gasteiger partial charge in [-0.15, -0.1) is 0 Å². The van der Waals surface area contributed by atoms with Crippen molar-refractivity contribution in [1.29, 1.82) is 0 Å². The number of hydrogen-bond acceptors (Lipinski definition) is 8. The van der Waals surface area contributed by atoms with Crippen LogP contribution in [-0.2, 0) is 33.6 Å². The van der Waals surface area contributed by atoms with Crippen LogP contribution in [0.4, 0.5) is 4.79 Å². The molecule has 0 unspecified atom stereocenters. The normalized spacial score (nSPS) is 12.2. The zero-order valence-electron chi connectivity index (χ0n) is 21.8. The second kappa shape index (κ2) is 14.1. The van der Waals surface area contributed by atoms with Crippen LogP contribution in [-0.4, -0.2) is 63.4 Å². The number of rotatable bonds is 11. The van der Waals surface area contributed by atoms with Crippen molar-refractivity contribution in [2.24, 2.45) is 0 Å². The number of ether oxygens (including phenoxy) is 3. The van der Waals surface area contributed by atoms with E-state index in [0.717, 1.165) is 6.26 Å². The lowest BCUT2D eigenvalue weighted by molar-refractivity contribution is -0.141. The molecule has 0 atom stereocenters. The molecule has 38 heavy (non-hydrogen) atoms. The molecule has 0 radical (unpaired) electrons. The molecule has 0 bridgehead atoms. The van der Waals surface area contributed by atoms with Gasteiger partial charge in [0.25, 0.3) is 0 Å². The van der Waals surface area contributed by atoms with Crippen molar-refractivity contribution in [3.05, 3.63) is 65.7 Å². The Morgan fingerprint density at radius 3 is 2.11 bits per heavy atom. The summed E-state index contributed by atoms with van der Waals surface area (Å²) in [7, 11) is -3.45. The molecule has 0 aliphatic rings. The maximum absolute atomic E-state index is 13.2. The molecule has 0 aliphatic heterocycles. The number of halogens is 1. The average molecular weight is 611 g/mol. The van der Waals surface area contributed by atoms with Gasteiger partial charge in [-0.2, -0.15) is 0 Å². The summed E-state index contributed by atoms with van der Waals surface area (Å²) in [5.74, 6) is -1.39. The SMILES string of the molecule is CC(C)(C)OC(=O)NCC(=O)OCC(=C(C(=O)OCCCBr)c1ccccc1)c1ccc(S(C)(=O)=O)cc1. The molecular formula is C27H32BrNO8S. The van der Waals surface area contributed by atoms with E-state index in [1.54, 1.807) is 51.1 Å². The molecule has 0 spiro atoms. The van der Waals surface area contributed by atoms with Gasteiger partial charge in [-0.1, -0.05) is 58.4 Å². The van der Waals surface area contributed by atoms with Crippen LogP contribution in [0.1, 0.15) is 38.3 Å². The van der Waals surface area contributed by atoms with E-state index < -0.39 is 40.0 Å². The molecule has 11 heteroatoms. The van der Waals surface area contributed by atoms with Gasteiger partial charge in [-0.05, 0) is 50.5 Å². The monoisotopic (exact) mass is 609 g/mol. The van der Waals surface area contributed by atoms with E-state index in [1.165, 1.54) is 24.3 Å². The van der Waals surface area contributed by atoms with Crippen molar-refractivity contribution >= 4 is 54.9 Å². The minimum atomic E-state index is -3.45. The van der Waals surface area contributed by atoms with Crippen molar-refractivity contribution in [2.75, 3.05) is 31.3 Å². The van der Waals surface area contributed by atoms with Crippen molar-refractivity contribution < 1.29 is 37.0 Å². The summed E-state index contributed by atoms with van der Waals surface area (Å²) in [6.45, 7) is 4.45. The van der Waals surface area contributed by atoms with Gasteiger partial charge in [0.05, 0.1) is 17.1 Å². The summed E-state index contributed by atoms with van der Waals surface area (Å²) in [5.41, 5.74) is 0.732. The second-order valence-electron chi connectivity index (χ2n) is 9.21. The number of benzene rings is 2. The minimum Gasteiger partial charge on any atom is -0.462 e. The molecule has 9 nitrogen and oxygen atoms in total. The number of carbonyl (C=O) groups excluding carboxylic acids is 3. The van der Waals surface area contributed by atoms with E-state index in [2.05, 4.69) is 21.2 Å². The van der Waals surface area contributed by atoms with E-state index in [4.69, 9.17) is 14.2 Å². The lowest BCUT2D eigenvalue weighted by atomic mass is 9.95. The number of alkyl carbamates (subject to hydrolysis) is 1. The number of sulfone groups is 1. The van der Waals surface area contributed by atoms with Crippen LogP contribution in [0.25, 0.3) is 11.1 Å². The Labute approximate surface area is 231 Å². The Morgan fingerprint density at radius 1 is 0.921 bits per heavy atom. The largest absolute Gasteiger partial charge is 0.462 e. The highest BCUT2D eigenvalue weighted by Crippen LogP contribution is 2.29. The number of amides is 1. The molecule has 0 aromatic heterocycles. The summed E-state index contributed by atoms with van der Waals surface area (Å²) in [6.07, 6.45) is 0.911. The quantitative estimate of drug-likeness (QED) is 0.0992. The van der Waals surface area contributed by atoms with Crippen LogP contribution in [0.15, 0.2) is 59.5 Å². The standard InChI is InChI=1S/C27H32BrNO8S/c1-27(2,3)37-26(32)29-17-23(30)36-18-22(19-11-13-21(14-12-19)38(4,33)34)24(20-9-6-5-7-10-20)25(31)35-16-8-15-28/h5-7,9-14H,8,15-18H2,1-4H3,(H,29,32). The number of esters is 2. The van der Waals surface area contributed by atoms with Gasteiger partial charge in [0.1, 0.15) is 18.8 Å². The van der Waals surface area contributed by atoms with Gasteiger partial charge in [0.2, 0.25) is 0 Å². The fourth-order valence-electron chi connectivity index (χ4n) is 3.18. The zero-order chi connectivity index (χ0) is 28.3. The lowest BCUT2D eigenvalue weighted by Gasteiger charge is -2.19. The molecule has 1 N–H and O–H groups in total. The maximum atomic E-state index is 13.2. The molecule has 2 aromatic carbocycles. The van der Waals surface area contributed by atoms with Crippen LogP contribution in [0, 0.1) is 0 Å². The first-order valence-electron chi connectivity index (χ1n) is 11.8. The third kappa shape index (κ3) is 10.3. The van der Waals surface area contributed by atoms with E-state index >= 15 is 0 Å². The molecule has 1 amide bonds. The Balaban J connectivity index is 2.44. The third-order valence-corrected chi connectivity index (χ3v) is 6.55. The summed E-state index contributed by atoms with van der Waals surface area (Å²) in [5, 5.41) is 2.98. The molecule has 206 valence electrons. The number of alkyl halides is 1. The number of carbonyl (C=O) groups is 3. The highest BCUT2D eigenvalue weighted by Gasteiger charge is 2.23. The predicted molar refractivity (Wildman–Crippen MR) is 147 cm³/mol. The Hall–Kier alpha value is -3.18. The fraction of sp³-hybridized carbons (Fsp3) is 0.370. The Kier molecular flexibility index (Phi) is 11.5. The number of nitrogens with one attached hydrogen (secondary N) is 1. The van der Waals surface area contributed by atoms with Crippen molar-refractivity contribution in [1.82, 2.24) is 5.32 Å². The Bertz CT molecular complexity index is 1250. The van der Waals surface area contributed by atoms with Gasteiger partial charge in [0, 0.05) is 17.2 Å². The highest BCUT2D eigenvalue weighted by molar-refractivity contribution is 9.09. The second-order valence-corrected chi connectivity index (χ2v) is 12.0. The molecular weight excluding hydrogens is 578 g/mol. The van der Waals surface area contributed by atoms with E-state index in [1.807, 2.05) is 0 Å². The molecule has 2 aromatic rings. The van der Waals surface area contributed by atoms with E-state index in [-0.39, 0.29) is 23.7 Å². The average Bonchev–Trinajstić information content (AvgIpc) is 2.84. The van der Waals surface area contributed by atoms with Crippen LogP contribution in [0.2, 0.25) is 0 Å². The summed E-state index contributed by atoms with van der Waals surface area (Å²) < 4.78 is 39.9. The molecule has 0 fully saturated rings. The molecule has 0 heterocycles. The van der Waals surface area contributed by atoms with Crippen molar-refractivity contribution in [3.63, 3.8) is 0 Å². The minimum absolute atomic E-state index is 0.0975. The molecule has 2 rings (SSSR count). The van der Waals surface area contributed by atoms with Crippen LogP contribution in [0.5, 0.6) is 0 Å². The smallest absolute Gasteiger partial charge is 0.408 e. The van der Waals surface area contributed by atoms with Crippen LogP contribution in [0.3, 0.4) is 0 Å². The molecule has 0 saturated carbocycles. The molecule has 0 saturated heterocycles. The maximum Gasteiger partial charge on any atom is 0.408 e. The van der Waals surface area contributed by atoms with Crippen molar-refractivity contribution in [3.8, 4) is 0 Å². The van der Waals surface area contributed by atoms with Gasteiger partial charge < -0.3 is 19.5 Å². The topological polar surface area (TPSA) is 125 Å². The summed E-state index contributed by atoms with van der Waals surface area (Å²) >= 11 is 3.30. The van der Waals surface area contributed by atoms with Gasteiger partial charge in [-0.3, -0.25) is 4.79 Å². The van der Waals surface area contributed by atoms with E-state index in [0.29, 0.717) is 28.5 Å². The van der Waals surface area contributed by atoms with Crippen LogP contribution < -0.4 is 5.32 Å². The molecule has 0 aliphatic carbocycles. The summed E-state index contributed by atoms with van der Waals surface area (Å²) in [4.78, 5) is 37.7. The first-order valence-corrected chi connectivity index (χ1v) is 14.8. The highest BCUT2D eigenvalue weighted by atomic mass is 79.9. The van der Waals surface area contributed by atoms with Gasteiger partial charge >= 0.3 is 18.0 Å². The third-order valence-electron chi connectivity index (χ3n) is 4.86. The first-order chi connectivity index (χ1) is 17.8. The first kappa shape index (κ1) is 31.0. The van der Waals surface area contributed by atoms with Crippen molar-refractivity contribution in [2.45, 2.75) is 37.7 Å². The Morgan fingerprint density at radius 2 is 1.55 bits per heavy atom. The lowest BCUT2D eigenvalue weighted by Crippen LogP contribution is -2.36. The van der Waals surface area contributed by atoms with Gasteiger partial charge in [0.15, 0.2) is 9.84 Å². The van der Waals surface area contributed by atoms with E-state index in [9.17, 15) is 22.8 Å². The fourth-order valence-corrected chi connectivity index (χ4v) is 4.04. The van der Waals surface area contributed by atoms with Crippen LogP contribution >= 0.6 is 15.9 Å². The zero-order valence-corrected chi connectivity index (χ0v) is 24.2. The van der Waals surface area contributed by atoms with Gasteiger partial charge in [-0.25, -0.2) is 18.0 Å². The predicted octanol–water partition coefficient (Wildman–Crippen LogP) is 4.40. The number of hydrogen-bond donors (Lipinski definition) is 1. The summed E-state index contributed by atoms with van der Waals surface area (Å²) in [6, 6.07) is 14.6.